The van der Waals surface area contributed by atoms with Crippen LogP contribution in [0, 0.1) is 0 Å². The molecule has 0 unspecified atom stereocenters. The van der Waals surface area contributed by atoms with Gasteiger partial charge in [0.15, 0.2) is 0 Å². The van der Waals surface area contributed by atoms with Crippen molar-refractivity contribution in [3.8, 4) is 0 Å². The van der Waals surface area contributed by atoms with E-state index in [1.54, 1.807) is 11.1 Å². The highest BCUT2D eigenvalue weighted by Gasteiger charge is 2.26. The molecular formula is C15H24N4O3S2. The van der Waals surface area contributed by atoms with Crippen molar-refractivity contribution in [2.45, 2.75) is 38.3 Å². The van der Waals surface area contributed by atoms with Crippen molar-refractivity contribution in [2.75, 3.05) is 32.4 Å². The minimum atomic E-state index is -3.19. The number of carbonyl (C=O) groups is 1. The van der Waals surface area contributed by atoms with Gasteiger partial charge in [-0.05, 0) is 38.8 Å². The summed E-state index contributed by atoms with van der Waals surface area (Å²) in [5.41, 5.74) is 0. The predicted octanol–water partition coefficient (Wildman–Crippen LogP) is 0.893. The van der Waals surface area contributed by atoms with E-state index in [9.17, 15) is 13.2 Å². The van der Waals surface area contributed by atoms with Crippen molar-refractivity contribution in [3.05, 3.63) is 16.1 Å². The third kappa shape index (κ3) is 4.75. The molecule has 1 amide bonds. The van der Waals surface area contributed by atoms with Crippen molar-refractivity contribution in [1.29, 1.82) is 0 Å². The summed E-state index contributed by atoms with van der Waals surface area (Å²) < 4.78 is 25.2. The second-order valence-corrected chi connectivity index (χ2v) is 9.45. The molecule has 0 spiro atoms. The van der Waals surface area contributed by atoms with Gasteiger partial charge in [-0.3, -0.25) is 9.69 Å². The fourth-order valence-electron chi connectivity index (χ4n) is 3.27. The summed E-state index contributed by atoms with van der Waals surface area (Å²) in [6.45, 7) is 4.21. The largest absolute Gasteiger partial charge is 0.338 e. The average Bonchev–Trinajstić information content (AvgIpc) is 3.18. The van der Waals surface area contributed by atoms with Gasteiger partial charge in [-0.1, -0.05) is 0 Å². The third-order valence-corrected chi connectivity index (χ3v) is 6.22. The Hall–Kier alpha value is -1.03. The van der Waals surface area contributed by atoms with Gasteiger partial charge in [0.25, 0.3) is 5.91 Å². The quantitative estimate of drug-likeness (QED) is 0.830. The van der Waals surface area contributed by atoms with Gasteiger partial charge in [0.05, 0.1) is 19.0 Å². The summed E-state index contributed by atoms with van der Waals surface area (Å²) in [6.07, 6.45) is 6.64. The average molecular weight is 373 g/mol. The van der Waals surface area contributed by atoms with E-state index in [-0.39, 0.29) is 11.9 Å². The Kier molecular flexibility index (Phi) is 5.53. The van der Waals surface area contributed by atoms with Crippen LogP contribution in [0.4, 0.5) is 0 Å². The Morgan fingerprint density at radius 2 is 1.96 bits per heavy atom. The van der Waals surface area contributed by atoms with E-state index < -0.39 is 10.0 Å². The molecule has 1 N–H and O–H groups in total. The van der Waals surface area contributed by atoms with Crippen LogP contribution in [-0.4, -0.2) is 67.6 Å². The number of thiazole rings is 1. The fourth-order valence-corrected chi connectivity index (χ4v) is 5.04. The highest BCUT2D eigenvalue weighted by atomic mass is 32.2. The smallest absolute Gasteiger partial charge is 0.265 e. The Bertz CT molecular complexity index is 675. The van der Waals surface area contributed by atoms with Crippen LogP contribution in [0.25, 0.3) is 0 Å². The Morgan fingerprint density at radius 1 is 1.29 bits per heavy atom. The third-order valence-electron chi connectivity index (χ3n) is 4.48. The molecule has 134 valence electrons. The first-order valence-corrected chi connectivity index (χ1v) is 11.0. The molecule has 2 aliphatic rings. The number of rotatable bonds is 5. The number of sulfonamides is 1. The first-order chi connectivity index (χ1) is 11.4. The number of carbonyl (C=O) groups excluding carboxylic acids is 1. The maximum absolute atomic E-state index is 12.6. The normalized spacial score (nSPS) is 20.6. The highest BCUT2D eigenvalue weighted by molar-refractivity contribution is 7.88. The van der Waals surface area contributed by atoms with Crippen molar-refractivity contribution in [1.82, 2.24) is 19.5 Å². The lowest BCUT2D eigenvalue weighted by Gasteiger charge is -2.31. The van der Waals surface area contributed by atoms with Gasteiger partial charge >= 0.3 is 0 Å². The van der Waals surface area contributed by atoms with Crippen molar-refractivity contribution >= 4 is 27.3 Å². The molecule has 9 heteroatoms. The molecule has 3 heterocycles. The first kappa shape index (κ1) is 17.8. The maximum Gasteiger partial charge on any atom is 0.265 e. The number of likely N-dealkylation sites (tertiary alicyclic amines) is 2. The molecule has 0 bridgehead atoms. The minimum absolute atomic E-state index is 0.0120. The zero-order valence-corrected chi connectivity index (χ0v) is 15.5. The molecule has 2 aliphatic heterocycles. The van der Waals surface area contributed by atoms with Crippen LogP contribution in [0.15, 0.2) is 6.20 Å². The molecule has 7 nitrogen and oxygen atoms in total. The molecule has 0 aromatic carbocycles. The zero-order chi connectivity index (χ0) is 17.2. The summed E-state index contributed by atoms with van der Waals surface area (Å²) in [6, 6.07) is -0.0729. The lowest BCUT2D eigenvalue weighted by Crippen LogP contribution is -2.46. The van der Waals surface area contributed by atoms with Crippen LogP contribution in [0.5, 0.6) is 0 Å². The Morgan fingerprint density at radius 3 is 2.58 bits per heavy atom. The minimum Gasteiger partial charge on any atom is -0.338 e. The molecule has 0 saturated carbocycles. The van der Waals surface area contributed by atoms with E-state index >= 15 is 0 Å². The molecule has 3 rings (SSSR count). The van der Waals surface area contributed by atoms with Gasteiger partial charge < -0.3 is 4.90 Å². The first-order valence-electron chi connectivity index (χ1n) is 8.34. The maximum atomic E-state index is 12.6. The van der Waals surface area contributed by atoms with Crippen LogP contribution in [-0.2, 0) is 16.6 Å². The molecule has 0 aliphatic carbocycles. The number of hydrogen-bond acceptors (Lipinski definition) is 6. The van der Waals surface area contributed by atoms with Crippen LogP contribution >= 0.6 is 11.3 Å². The highest BCUT2D eigenvalue weighted by Crippen LogP contribution is 2.21. The van der Waals surface area contributed by atoms with Gasteiger partial charge in [-0.2, -0.15) is 0 Å². The summed E-state index contributed by atoms with van der Waals surface area (Å²) in [4.78, 5) is 21.8. The van der Waals surface area contributed by atoms with Crippen molar-refractivity contribution in [3.63, 3.8) is 0 Å². The molecule has 0 atom stereocenters. The second kappa shape index (κ2) is 7.47. The molecule has 24 heavy (non-hydrogen) atoms. The topological polar surface area (TPSA) is 82.6 Å². The predicted molar refractivity (Wildman–Crippen MR) is 93.5 cm³/mol. The number of aromatic nitrogens is 1. The number of piperidine rings is 1. The monoisotopic (exact) mass is 372 g/mol. The molecule has 1 aromatic heterocycles. The van der Waals surface area contributed by atoms with Crippen molar-refractivity contribution in [2.24, 2.45) is 0 Å². The summed E-state index contributed by atoms with van der Waals surface area (Å²) in [5.74, 6) is 0.0120. The Balaban J connectivity index is 1.52. The van der Waals surface area contributed by atoms with Gasteiger partial charge in [-0.25, -0.2) is 18.1 Å². The van der Waals surface area contributed by atoms with E-state index in [0.717, 1.165) is 24.6 Å². The lowest BCUT2D eigenvalue weighted by molar-refractivity contribution is 0.0716. The van der Waals surface area contributed by atoms with Crippen LogP contribution < -0.4 is 4.72 Å². The van der Waals surface area contributed by atoms with Gasteiger partial charge in [-0.15, -0.1) is 11.3 Å². The SMILES string of the molecule is CS(=O)(=O)NC1CCN(C(=O)c2cnc(CN3CCCC3)s2)CC1. The second-order valence-electron chi connectivity index (χ2n) is 6.56. The molecule has 2 fully saturated rings. The number of hydrogen-bond donors (Lipinski definition) is 1. The van der Waals surface area contributed by atoms with E-state index in [4.69, 9.17) is 0 Å². The van der Waals surface area contributed by atoms with E-state index in [0.29, 0.717) is 30.8 Å². The van der Waals surface area contributed by atoms with Crippen LogP contribution in [0.1, 0.15) is 40.4 Å². The van der Waals surface area contributed by atoms with Crippen molar-refractivity contribution < 1.29 is 13.2 Å². The van der Waals surface area contributed by atoms with Gasteiger partial charge in [0.1, 0.15) is 9.88 Å². The fraction of sp³-hybridized carbons (Fsp3) is 0.733. The standard InChI is InChI=1S/C15H24N4O3S2/c1-24(21,22)17-12-4-8-19(9-5-12)15(20)13-10-16-14(23-13)11-18-6-2-3-7-18/h10,12,17H,2-9,11H2,1H3. The van der Waals surface area contributed by atoms with Crippen LogP contribution in [0.2, 0.25) is 0 Å². The van der Waals surface area contributed by atoms with E-state index in [2.05, 4.69) is 14.6 Å². The molecular weight excluding hydrogens is 348 g/mol. The van der Waals surface area contributed by atoms with E-state index in [1.807, 2.05) is 0 Å². The molecule has 1 aromatic rings. The summed E-state index contributed by atoms with van der Waals surface area (Å²) in [5, 5.41) is 0.994. The lowest BCUT2D eigenvalue weighted by atomic mass is 10.1. The number of nitrogens with one attached hydrogen (secondary N) is 1. The number of amides is 1. The van der Waals surface area contributed by atoms with Gasteiger partial charge in [0.2, 0.25) is 10.0 Å². The Labute approximate surface area is 147 Å². The van der Waals surface area contributed by atoms with Gasteiger partial charge in [0, 0.05) is 19.1 Å². The zero-order valence-electron chi connectivity index (χ0n) is 13.9. The summed E-state index contributed by atoms with van der Waals surface area (Å²) >= 11 is 1.48. The number of nitrogens with zero attached hydrogens (tertiary/aromatic N) is 3. The van der Waals surface area contributed by atoms with Crippen LogP contribution in [0.3, 0.4) is 0 Å². The summed E-state index contributed by atoms with van der Waals surface area (Å²) in [7, 11) is -3.19. The molecule has 2 saturated heterocycles. The molecule has 0 radical (unpaired) electrons. The van der Waals surface area contributed by atoms with E-state index in [1.165, 1.54) is 30.4 Å².